The third-order valence-corrected chi connectivity index (χ3v) is 2.83. The van der Waals surface area contributed by atoms with Crippen molar-refractivity contribution in [1.82, 2.24) is 0 Å². The van der Waals surface area contributed by atoms with E-state index in [1.54, 1.807) is 6.92 Å². The number of hydrogen-bond donors (Lipinski definition) is 2. The van der Waals surface area contributed by atoms with Gasteiger partial charge in [-0.2, -0.15) is 0 Å². The average Bonchev–Trinajstić information content (AvgIpc) is 2.35. The Morgan fingerprint density at radius 1 is 1.39 bits per heavy atom. The maximum atomic E-state index is 11.8. The number of carbonyl (C=O) groups excluding carboxylic acids is 2. The fourth-order valence-corrected chi connectivity index (χ4v) is 1.76. The number of carboxylic acids is 1. The van der Waals surface area contributed by atoms with Gasteiger partial charge in [-0.3, -0.25) is 9.59 Å². The van der Waals surface area contributed by atoms with Crippen molar-refractivity contribution in [1.29, 1.82) is 0 Å². The van der Waals surface area contributed by atoms with Crippen molar-refractivity contribution < 1.29 is 24.6 Å². The minimum atomic E-state index is -1.83. The van der Waals surface area contributed by atoms with E-state index in [-0.39, 0.29) is 22.5 Å². The molecular weight excluding hydrogens is 304 g/mol. The van der Waals surface area contributed by atoms with E-state index in [0.29, 0.717) is 6.29 Å². The average molecular weight is 315 g/mol. The number of rotatable bonds is 5. The number of halogens is 1. The van der Waals surface area contributed by atoms with Crippen LogP contribution < -0.4 is 0 Å². The van der Waals surface area contributed by atoms with Crippen LogP contribution >= 0.6 is 15.9 Å². The second-order valence-electron chi connectivity index (χ2n) is 3.65. The normalized spacial score (nSPS) is 13.7. The summed E-state index contributed by atoms with van der Waals surface area (Å²) in [6.07, 6.45) is -1.45. The fraction of sp³-hybridized carbons (Fsp3) is 0.250. The minimum Gasteiger partial charge on any atom is -0.479 e. The van der Waals surface area contributed by atoms with Crippen LogP contribution in [-0.4, -0.2) is 33.1 Å². The maximum absolute atomic E-state index is 11.8. The summed E-state index contributed by atoms with van der Waals surface area (Å²) in [4.78, 5) is 33.1. The number of aliphatic hydroxyl groups excluding tert-OH is 1. The first-order chi connectivity index (χ1) is 8.40. The van der Waals surface area contributed by atoms with Crippen LogP contribution in [0.5, 0.6) is 0 Å². The first kappa shape index (κ1) is 14.5. The van der Waals surface area contributed by atoms with Gasteiger partial charge in [-0.05, 0) is 6.92 Å². The van der Waals surface area contributed by atoms with Crippen molar-refractivity contribution in [3.63, 3.8) is 0 Å². The molecule has 96 valence electrons. The third kappa shape index (κ3) is 2.83. The lowest BCUT2D eigenvalue weighted by Crippen LogP contribution is -2.18. The number of aldehydes is 1. The number of hydrogen-bond acceptors (Lipinski definition) is 4. The van der Waals surface area contributed by atoms with Crippen molar-refractivity contribution in [2.75, 3.05) is 0 Å². The topological polar surface area (TPSA) is 91.7 Å². The van der Waals surface area contributed by atoms with Crippen LogP contribution in [0.25, 0.3) is 0 Å². The summed E-state index contributed by atoms with van der Waals surface area (Å²) in [5, 5.41) is 18.2. The molecule has 0 spiro atoms. The van der Waals surface area contributed by atoms with Gasteiger partial charge in [-0.25, -0.2) is 4.79 Å². The number of ketones is 1. The second kappa shape index (κ2) is 5.88. The summed E-state index contributed by atoms with van der Waals surface area (Å²) < 4.78 is 0. The molecule has 0 saturated carbocycles. The standard InChI is InChI=1S/C12H11BrO5/c1-6(13)10(15)7-3-2-4-8(9(7)5-14)11(16)12(17)18/h2-6,11,16H,1H3,(H,17,18). The lowest BCUT2D eigenvalue weighted by Gasteiger charge is -2.12. The quantitative estimate of drug-likeness (QED) is 0.489. The first-order valence-electron chi connectivity index (χ1n) is 5.07. The Bertz CT molecular complexity index is 495. The van der Waals surface area contributed by atoms with Crippen LogP contribution in [0.3, 0.4) is 0 Å². The Hall–Kier alpha value is -1.53. The van der Waals surface area contributed by atoms with Crippen molar-refractivity contribution in [2.45, 2.75) is 17.9 Å². The van der Waals surface area contributed by atoms with Gasteiger partial charge in [-0.1, -0.05) is 34.1 Å². The van der Waals surface area contributed by atoms with Gasteiger partial charge >= 0.3 is 5.97 Å². The highest BCUT2D eigenvalue weighted by atomic mass is 79.9. The molecule has 2 unspecified atom stereocenters. The molecule has 1 aromatic rings. The van der Waals surface area contributed by atoms with Gasteiger partial charge in [0.2, 0.25) is 0 Å². The monoisotopic (exact) mass is 314 g/mol. The molecule has 0 fully saturated rings. The summed E-state index contributed by atoms with van der Waals surface area (Å²) in [5.41, 5.74) is -0.0904. The van der Waals surface area contributed by atoms with E-state index in [2.05, 4.69) is 15.9 Å². The Kier molecular flexibility index (Phi) is 4.75. The van der Waals surface area contributed by atoms with Gasteiger partial charge in [0.1, 0.15) is 0 Å². The highest BCUT2D eigenvalue weighted by Crippen LogP contribution is 2.22. The van der Waals surface area contributed by atoms with Crippen LogP contribution in [0, 0.1) is 0 Å². The molecule has 2 N–H and O–H groups in total. The summed E-state index contributed by atoms with van der Waals surface area (Å²) in [5.74, 6) is -1.83. The molecule has 18 heavy (non-hydrogen) atoms. The molecule has 0 heterocycles. The fourth-order valence-electron chi connectivity index (χ4n) is 1.52. The van der Waals surface area contributed by atoms with E-state index in [1.165, 1.54) is 18.2 Å². The van der Waals surface area contributed by atoms with E-state index in [4.69, 9.17) is 5.11 Å². The number of aliphatic hydroxyl groups is 1. The molecule has 0 aromatic heterocycles. The van der Waals surface area contributed by atoms with Gasteiger partial charge in [-0.15, -0.1) is 0 Å². The Labute approximate surface area is 112 Å². The minimum absolute atomic E-state index is 0.0866. The molecule has 0 aliphatic carbocycles. The van der Waals surface area contributed by atoms with Crippen LogP contribution in [0.1, 0.15) is 39.3 Å². The smallest absolute Gasteiger partial charge is 0.337 e. The third-order valence-electron chi connectivity index (χ3n) is 2.41. The Balaban J connectivity index is 3.39. The van der Waals surface area contributed by atoms with Crippen LogP contribution in [-0.2, 0) is 4.79 Å². The molecule has 2 atom stereocenters. The Morgan fingerprint density at radius 3 is 2.44 bits per heavy atom. The molecule has 6 heteroatoms. The molecule has 0 radical (unpaired) electrons. The van der Waals surface area contributed by atoms with E-state index in [9.17, 15) is 19.5 Å². The zero-order valence-electron chi connectivity index (χ0n) is 9.46. The predicted molar refractivity (Wildman–Crippen MR) is 67.1 cm³/mol. The summed E-state index contributed by atoms with van der Waals surface area (Å²) >= 11 is 3.09. The van der Waals surface area contributed by atoms with Gasteiger partial charge in [0, 0.05) is 16.7 Å². The zero-order valence-corrected chi connectivity index (χ0v) is 11.0. The molecule has 5 nitrogen and oxygen atoms in total. The molecule has 1 aromatic carbocycles. The number of aliphatic carboxylic acids is 1. The van der Waals surface area contributed by atoms with Gasteiger partial charge in [0.05, 0.1) is 4.83 Å². The molecule has 0 bridgehead atoms. The molecule has 0 aliphatic rings. The maximum Gasteiger partial charge on any atom is 0.337 e. The van der Waals surface area contributed by atoms with Gasteiger partial charge in [0.25, 0.3) is 0 Å². The van der Waals surface area contributed by atoms with Crippen LogP contribution in [0.15, 0.2) is 18.2 Å². The SMILES string of the molecule is CC(Br)C(=O)c1cccc(C(O)C(=O)O)c1C=O. The number of carbonyl (C=O) groups is 3. The van der Waals surface area contributed by atoms with Crippen molar-refractivity contribution in [3.8, 4) is 0 Å². The molecule has 0 aliphatic heterocycles. The summed E-state index contributed by atoms with van der Waals surface area (Å²) in [6, 6.07) is 4.15. The predicted octanol–water partition coefficient (Wildman–Crippen LogP) is 1.58. The second-order valence-corrected chi connectivity index (χ2v) is 5.02. The van der Waals surface area contributed by atoms with Gasteiger partial charge < -0.3 is 10.2 Å². The van der Waals surface area contributed by atoms with Gasteiger partial charge in [0.15, 0.2) is 18.2 Å². The first-order valence-corrected chi connectivity index (χ1v) is 5.99. The van der Waals surface area contributed by atoms with Crippen LogP contribution in [0.4, 0.5) is 0 Å². The molecule has 1 rings (SSSR count). The summed E-state index contributed by atoms with van der Waals surface area (Å²) in [7, 11) is 0. The van der Waals surface area contributed by atoms with E-state index in [1.807, 2.05) is 0 Å². The number of Topliss-reactive ketones (excluding diaryl/α,β-unsaturated/α-hetero) is 1. The number of benzene rings is 1. The zero-order chi connectivity index (χ0) is 13.9. The molecule has 0 amide bonds. The summed E-state index contributed by atoms with van der Waals surface area (Å²) in [6.45, 7) is 1.59. The number of alkyl halides is 1. The van der Waals surface area contributed by atoms with E-state index < -0.39 is 16.9 Å². The van der Waals surface area contributed by atoms with Crippen LogP contribution in [0.2, 0.25) is 0 Å². The highest BCUT2D eigenvalue weighted by molar-refractivity contribution is 9.10. The molecular formula is C12H11BrO5. The molecule has 0 saturated heterocycles. The lowest BCUT2D eigenvalue weighted by molar-refractivity contribution is -0.146. The highest BCUT2D eigenvalue weighted by Gasteiger charge is 2.24. The number of carboxylic acid groups (broad SMARTS) is 1. The largest absolute Gasteiger partial charge is 0.479 e. The Morgan fingerprint density at radius 2 is 2.00 bits per heavy atom. The van der Waals surface area contributed by atoms with E-state index >= 15 is 0 Å². The van der Waals surface area contributed by atoms with Crippen molar-refractivity contribution in [3.05, 3.63) is 34.9 Å². The lowest BCUT2D eigenvalue weighted by atomic mass is 9.95. The van der Waals surface area contributed by atoms with E-state index in [0.717, 1.165) is 0 Å². The van der Waals surface area contributed by atoms with Crippen molar-refractivity contribution in [2.24, 2.45) is 0 Å². The van der Waals surface area contributed by atoms with Crippen molar-refractivity contribution >= 4 is 34.0 Å².